The first-order chi connectivity index (χ1) is 3.06. The van der Waals surface area contributed by atoms with Crippen molar-refractivity contribution < 1.29 is 14.4 Å². The summed E-state index contributed by atoms with van der Waals surface area (Å²) in [4.78, 5) is 15.9. The summed E-state index contributed by atoms with van der Waals surface area (Å²) in [6.45, 7) is 0. The molecule has 0 fully saturated rings. The van der Waals surface area contributed by atoms with E-state index >= 15 is 0 Å². The van der Waals surface area contributed by atoms with Crippen molar-refractivity contribution in [1.82, 2.24) is 0 Å². The third-order valence-electron chi connectivity index (χ3n) is 0.221. The van der Waals surface area contributed by atoms with Crippen LogP contribution < -0.4 is 0 Å². The summed E-state index contributed by atoms with van der Waals surface area (Å²) in [5, 5.41) is 1.80. The van der Waals surface area contributed by atoms with Gasteiger partial charge in [-0.1, -0.05) is 0 Å². The zero-order chi connectivity index (χ0) is 5.91. The van der Waals surface area contributed by atoms with Crippen molar-refractivity contribution in [2.75, 3.05) is 0 Å². The van der Waals surface area contributed by atoms with Gasteiger partial charge >= 0.3 is 7.60 Å². The molecular formula is C2H3O3PS. The number of rotatable bonds is 1. The second kappa shape index (κ2) is 2.36. The van der Waals surface area contributed by atoms with Crippen molar-refractivity contribution in [1.29, 1.82) is 0 Å². The van der Waals surface area contributed by atoms with Crippen molar-refractivity contribution in [3.8, 4) is 0 Å². The highest BCUT2D eigenvalue weighted by Gasteiger charge is 2.03. The highest BCUT2D eigenvalue weighted by atomic mass is 32.1. The maximum absolute atomic E-state index is 9.74. The van der Waals surface area contributed by atoms with Crippen LogP contribution in [0.5, 0.6) is 0 Å². The average molecular weight is 138 g/mol. The van der Waals surface area contributed by atoms with Crippen LogP contribution in [0.25, 0.3) is 0 Å². The Morgan fingerprint density at radius 2 is 2.14 bits per heavy atom. The molecule has 0 aliphatic heterocycles. The van der Waals surface area contributed by atoms with Gasteiger partial charge in [0.2, 0.25) is 0 Å². The SMILES string of the molecule is O=P(O)(O)C=C=S. The molecule has 2 N–H and O–H groups in total. The second-order valence-corrected chi connectivity index (χ2v) is 2.51. The van der Waals surface area contributed by atoms with E-state index in [4.69, 9.17) is 9.79 Å². The highest BCUT2D eigenvalue weighted by molar-refractivity contribution is 7.79. The molecule has 40 valence electrons. The van der Waals surface area contributed by atoms with Gasteiger partial charge in [0.15, 0.2) is 0 Å². The first-order valence-electron chi connectivity index (χ1n) is 1.33. The monoisotopic (exact) mass is 138 g/mol. The van der Waals surface area contributed by atoms with Crippen LogP contribution in [0.15, 0.2) is 5.82 Å². The summed E-state index contributed by atoms with van der Waals surface area (Å²) < 4.78 is 9.74. The van der Waals surface area contributed by atoms with E-state index in [9.17, 15) is 4.57 Å². The van der Waals surface area contributed by atoms with Crippen LogP contribution in [-0.4, -0.2) is 14.8 Å². The summed E-state index contributed by atoms with van der Waals surface area (Å²) in [5.41, 5.74) is 0. The van der Waals surface area contributed by atoms with Crippen LogP contribution in [0, 0.1) is 0 Å². The van der Waals surface area contributed by atoms with Crippen LogP contribution in [-0.2, 0) is 4.57 Å². The topological polar surface area (TPSA) is 57.5 Å². The van der Waals surface area contributed by atoms with Crippen molar-refractivity contribution in [3.05, 3.63) is 5.82 Å². The highest BCUT2D eigenvalue weighted by Crippen LogP contribution is 2.34. The first kappa shape index (κ1) is 7.02. The molecule has 0 amide bonds. The van der Waals surface area contributed by atoms with Crippen LogP contribution in [0.2, 0.25) is 0 Å². The van der Waals surface area contributed by atoms with E-state index in [0.717, 1.165) is 0 Å². The van der Waals surface area contributed by atoms with Crippen molar-refractivity contribution in [2.45, 2.75) is 0 Å². The summed E-state index contributed by atoms with van der Waals surface area (Å²) in [6, 6.07) is 0. The predicted octanol–water partition coefficient (Wildman–Crippen LogP) is 0.276. The Bertz CT molecular complexity index is 141. The third kappa shape index (κ3) is 6.02. The maximum Gasteiger partial charge on any atom is 0.357 e. The molecule has 0 spiro atoms. The van der Waals surface area contributed by atoms with Crippen LogP contribution in [0.1, 0.15) is 0 Å². The first-order valence-corrected chi connectivity index (χ1v) is 3.42. The lowest BCUT2D eigenvalue weighted by atomic mass is 11.3. The summed E-state index contributed by atoms with van der Waals surface area (Å²) in [7, 11) is -4.01. The predicted molar refractivity (Wildman–Crippen MR) is 29.2 cm³/mol. The fourth-order valence-corrected chi connectivity index (χ4v) is 0.618. The minimum Gasteiger partial charge on any atom is -0.321 e. The van der Waals surface area contributed by atoms with E-state index < -0.39 is 7.60 Å². The molecule has 0 aromatic heterocycles. The average Bonchev–Trinajstić information content (AvgIpc) is 1.30. The largest absolute Gasteiger partial charge is 0.357 e. The summed E-state index contributed by atoms with van der Waals surface area (Å²) in [6.07, 6.45) is 0. The van der Waals surface area contributed by atoms with Gasteiger partial charge in [0.25, 0.3) is 0 Å². The molecule has 0 unspecified atom stereocenters. The molecule has 0 radical (unpaired) electrons. The number of hydrogen-bond acceptors (Lipinski definition) is 2. The quantitative estimate of drug-likeness (QED) is 0.403. The molecule has 0 atom stereocenters. The van der Waals surface area contributed by atoms with E-state index in [1.54, 1.807) is 5.02 Å². The Labute approximate surface area is 45.8 Å². The Kier molecular flexibility index (Phi) is 2.37. The van der Waals surface area contributed by atoms with Crippen LogP contribution in [0.4, 0.5) is 0 Å². The van der Waals surface area contributed by atoms with Crippen molar-refractivity contribution in [2.24, 2.45) is 0 Å². The molecule has 0 aliphatic rings. The fraction of sp³-hybridized carbons (Fsp3) is 0. The number of thiocarbonyl (C=S) groups is 1. The van der Waals surface area contributed by atoms with Gasteiger partial charge in [-0.2, -0.15) is 0 Å². The zero-order valence-electron chi connectivity index (χ0n) is 3.24. The van der Waals surface area contributed by atoms with Gasteiger partial charge in [-0.15, -0.1) is 0 Å². The zero-order valence-corrected chi connectivity index (χ0v) is 4.95. The Morgan fingerprint density at radius 3 is 2.14 bits per heavy atom. The molecule has 3 nitrogen and oxygen atoms in total. The third-order valence-corrected chi connectivity index (χ3v) is 0.979. The Balaban J connectivity index is 4.10. The van der Waals surface area contributed by atoms with Gasteiger partial charge in [-0.3, -0.25) is 4.57 Å². The van der Waals surface area contributed by atoms with Gasteiger partial charge < -0.3 is 9.79 Å². The number of hydrogen-bond donors (Lipinski definition) is 2. The van der Waals surface area contributed by atoms with Gasteiger partial charge in [0.1, 0.15) is 0 Å². The second-order valence-electron chi connectivity index (χ2n) is 0.836. The van der Waals surface area contributed by atoms with E-state index in [2.05, 4.69) is 12.2 Å². The normalized spacial score (nSPS) is 10.0. The Hall–Kier alpha value is 0.0200. The van der Waals surface area contributed by atoms with E-state index in [0.29, 0.717) is 5.82 Å². The lowest BCUT2D eigenvalue weighted by Crippen LogP contribution is -1.65. The summed E-state index contributed by atoms with van der Waals surface area (Å²) >= 11 is 4.00. The lowest BCUT2D eigenvalue weighted by molar-refractivity contribution is 0.386. The molecule has 5 heteroatoms. The maximum atomic E-state index is 9.74. The Morgan fingerprint density at radius 1 is 1.71 bits per heavy atom. The molecule has 0 aromatic carbocycles. The molecule has 7 heavy (non-hydrogen) atoms. The minimum absolute atomic E-state index is 0.544. The van der Waals surface area contributed by atoms with E-state index in [1.165, 1.54) is 0 Å². The van der Waals surface area contributed by atoms with Gasteiger partial charge in [0.05, 0.1) is 5.82 Å². The molecule has 0 aliphatic carbocycles. The van der Waals surface area contributed by atoms with Gasteiger partial charge in [-0.25, -0.2) is 0 Å². The molecule has 0 saturated carbocycles. The molecule has 0 bridgehead atoms. The van der Waals surface area contributed by atoms with Crippen molar-refractivity contribution >= 4 is 24.8 Å². The summed E-state index contributed by atoms with van der Waals surface area (Å²) in [5.74, 6) is 0.544. The van der Waals surface area contributed by atoms with Gasteiger partial charge in [-0.05, 0) is 17.2 Å². The fourth-order valence-electron chi connectivity index (χ4n) is 0.0687. The molecular weight excluding hydrogens is 135 g/mol. The minimum atomic E-state index is -4.01. The smallest absolute Gasteiger partial charge is 0.321 e. The van der Waals surface area contributed by atoms with Gasteiger partial charge in [0, 0.05) is 0 Å². The molecule has 0 saturated heterocycles. The lowest BCUT2D eigenvalue weighted by Gasteiger charge is -1.86. The van der Waals surface area contributed by atoms with E-state index in [-0.39, 0.29) is 0 Å². The van der Waals surface area contributed by atoms with E-state index in [1.807, 2.05) is 0 Å². The van der Waals surface area contributed by atoms with Crippen LogP contribution >= 0.6 is 19.8 Å². The molecule has 0 heterocycles. The molecule has 0 rings (SSSR count). The standard InChI is InChI=1S/C2H3O3PS/c3-6(4,5)1-2-7/h1H,(H2,3,4,5). The van der Waals surface area contributed by atoms with Crippen LogP contribution in [0.3, 0.4) is 0 Å². The van der Waals surface area contributed by atoms with Crippen molar-refractivity contribution in [3.63, 3.8) is 0 Å². The molecule has 0 aromatic rings.